The van der Waals surface area contributed by atoms with Crippen LogP contribution in [0.3, 0.4) is 0 Å². The van der Waals surface area contributed by atoms with E-state index in [1.807, 2.05) is 6.92 Å². The Bertz CT molecular complexity index is 944. The van der Waals surface area contributed by atoms with Gasteiger partial charge in [-0.05, 0) is 50.1 Å². The van der Waals surface area contributed by atoms with E-state index in [-0.39, 0.29) is 18.3 Å². The van der Waals surface area contributed by atoms with Gasteiger partial charge in [-0.15, -0.1) is 13.2 Å². The van der Waals surface area contributed by atoms with Crippen molar-refractivity contribution in [1.82, 2.24) is 20.3 Å². The molecular weight excluding hydrogens is 401 g/mol. The van der Waals surface area contributed by atoms with Gasteiger partial charge < -0.3 is 15.4 Å². The van der Waals surface area contributed by atoms with E-state index in [9.17, 15) is 18.0 Å². The van der Waals surface area contributed by atoms with Crippen LogP contribution in [0.1, 0.15) is 27.2 Å². The number of rotatable bonds is 8. The lowest BCUT2D eigenvalue weighted by molar-refractivity contribution is -0.303. The maximum atomic E-state index is 12.4. The van der Waals surface area contributed by atoms with E-state index in [1.54, 1.807) is 19.1 Å². The van der Waals surface area contributed by atoms with Crippen molar-refractivity contribution in [2.24, 2.45) is 0 Å². The van der Waals surface area contributed by atoms with Crippen molar-refractivity contribution in [3.8, 4) is 0 Å². The number of hydrogen-bond donors (Lipinski definition) is 3. The lowest BCUT2D eigenvalue weighted by atomic mass is 10.1. The Morgan fingerprint density at radius 1 is 1.20 bits per heavy atom. The van der Waals surface area contributed by atoms with E-state index in [4.69, 9.17) is 0 Å². The first-order valence-electron chi connectivity index (χ1n) is 9.28. The van der Waals surface area contributed by atoms with Crippen molar-refractivity contribution in [2.45, 2.75) is 33.6 Å². The number of nitrogens with one attached hydrogen (secondary N) is 3. The molecule has 2 aromatic heterocycles. The van der Waals surface area contributed by atoms with Gasteiger partial charge >= 0.3 is 12.4 Å². The van der Waals surface area contributed by atoms with Crippen molar-refractivity contribution in [3.63, 3.8) is 0 Å². The predicted octanol–water partition coefficient (Wildman–Crippen LogP) is 4.35. The van der Waals surface area contributed by atoms with Crippen LogP contribution in [0, 0.1) is 0 Å². The van der Waals surface area contributed by atoms with Crippen molar-refractivity contribution in [1.29, 1.82) is 0 Å². The van der Waals surface area contributed by atoms with E-state index < -0.39 is 6.36 Å². The lowest BCUT2D eigenvalue weighted by Gasteiger charge is -2.12. The van der Waals surface area contributed by atoms with Crippen molar-refractivity contribution < 1.29 is 22.7 Å². The predicted molar refractivity (Wildman–Crippen MR) is 108 cm³/mol. The molecule has 8 nitrogen and oxygen atoms in total. The number of ether oxygens (including phenoxy) is 1. The normalized spacial score (nSPS) is 12.6. The first-order chi connectivity index (χ1) is 14.2. The average molecular weight is 424 g/mol. The Hall–Kier alpha value is -3.37. The zero-order valence-corrected chi connectivity index (χ0v) is 16.8. The molecule has 2 aromatic rings. The molecule has 2 amide bonds. The molecule has 0 aliphatic rings. The molecule has 0 fully saturated rings. The minimum absolute atomic E-state index is 0.242. The minimum Gasteiger partial charge on any atom is -0.406 e. The average Bonchev–Trinajstić information content (AvgIpc) is 2.69. The van der Waals surface area contributed by atoms with Crippen LogP contribution in [0.5, 0.6) is 0 Å². The Labute approximate surface area is 171 Å². The second-order valence-corrected chi connectivity index (χ2v) is 6.03. The van der Waals surface area contributed by atoms with E-state index in [0.29, 0.717) is 41.3 Å². The van der Waals surface area contributed by atoms with Crippen molar-refractivity contribution >= 4 is 28.8 Å². The number of anilines is 2. The molecular formula is C19H23F3N6O2. The third kappa shape index (κ3) is 7.22. The summed E-state index contributed by atoms with van der Waals surface area (Å²) in [6, 6.07) is 2.90. The van der Waals surface area contributed by atoms with Crippen LogP contribution in [-0.2, 0) is 4.74 Å². The Morgan fingerprint density at radius 3 is 2.57 bits per heavy atom. The quantitative estimate of drug-likeness (QED) is 0.430. The number of allylic oxidation sites excluding steroid dienone is 2. The SMILES string of the molecule is C/C=C(\C=C(/CC)CNc1cnc2ccc(NC(=O)NCC)nc2n1)OC(F)(F)F. The van der Waals surface area contributed by atoms with Gasteiger partial charge in [0.2, 0.25) is 0 Å². The second-order valence-electron chi connectivity index (χ2n) is 6.03. The Morgan fingerprint density at radius 2 is 1.93 bits per heavy atom. The molecule has 30 heavy (non-hydrogen) atoms. The molecule has 0 saturated carbocycles. The number of fused-ring (bicyclic) bond motifs is 1. The molecule has 0 aliphatic carbocycles. The maximum absolute atomic E-state index is 12.4. The number of amides is 2. The number of alkyl halides is 3. The summed E-state index contributed by atoms with van der Waals surface area (Å²) in [5, 5.41) is 8.20. The highest BCUT2D eigenvalue weighted by molar-refractivity contribution is 5.89. The Balaban J connectivity index is 2.12. The van der Waals surface area contributed by atoms with E-state index >= 15 is 0 Å². The number of halogens is 3. The van der Waals surface area contributed by atoms with Gasteiger partial charge in [0.05, 0.1) is 6.20 Å². The first-order valence-corrected chi connectivity index (χ1v) is 9.28. The van der Waals surface area contributed by atoms with Gasteiger partial charge in [0.15, 0.2) is 5.65 Å². The molecule has 0 saturated heterocycles. The summed E-state index contributed by atoms with van der Waals surface area (Å²) in [5.74, 6) is 0.424. The summed E-state index contributed by atoms with van der Waals surface area (Å²) in [5.41, 5.74) is 1.52. The van der Waals surface area contributed by atoms with Crippen LogP contribution >= 0.6 is 0 Å². The summed E-state index contributed by atoms with van der Waals surface area (Å²) in [6.45, 7) is 5.80. The molecule has 2 heterocycles. The zero-order valence-electron chi connectivity index (χ0n) is 16.8. The fraction of sp³-hybridized carbons (Fsp3) is 0.368. The summed E-state index contributed by atoms with van der Waals surface area (Å²) in [4.78, 5) is 24.5. The standard InChI is InChI=1S/C19H23F3N6O2/c1-4-12(9-13(5-2)30-19(20,21)22)10-25-16-11-24-14-7-8-15(26-17(14)27-16)28-18(29)23-6-3/h5,7-9,11H,4,6,10H2,1-3H3,(H3,23,25,26,27,28,29)/b12-9+,13-5+. The second kappa shape index (κ2) is 10.4. The molecule has 0 unspecified atom stereocenters. The molecule has 0 bridgehead atoms. The van der Waals surface area contributed by atoms with Gasteiger partial charge in [0.1, 0.15) is 22.9 Å². The summed E-state index contributed by atoms with van der Waals surface area (Å²) >= 11 is 0. The van der Waals surface area contributed by atoms with Crippen molar-refractivity contribution in [2.75, 3.05) is 23.7 Å². The van der Waals surface area contributed by atoms with E-state index in [1.165, 1.54) is 25.3 Å². The van der Waals surface area contributed by atoms with Crippen molar-refractivity contribution in [3.05, 3.63) is 41.8 Å². The lowest BCUT2D eigenvalue weighted by Crippen LogP contribution is -2.28. The molecule has 2 rings (SSSR count). The molecule has 0 aromatic carbocycles. The highest BCUT2D eigenvalue weighted by Crippen LogP contribution is 2.22. The number of carbonyl (C=O) groups is 1. The molecule has 0 aliphatic heterocycles. The zero-order chi connectivity index (χ0) is 22.1. The number of pyridine rings is 1. The van der Waals surface area contributed by atoms with Crippen LogP contribution in [0.25, 0.3) is 11.2 Å². The van der Waals surface area contributed by atoms with Crippen LogP contribution in [-0.4, -0.2) is 40.4 Å². The summed E-state index contributed by atoms with van der Waals surface area (Å²) < 4.78 is 41.3. The van der Waals surface area contributed by atoms with Crippen LogP contribution in [0.4, 0.5) is 29.6 Å². The minimum atomic E-state index is -4.75. The molecule has 162 valence electrons. The number of nitrogens with zero attached hydrogens (tertiary/aromatic N) is 3. The Kier molecular flexibility index (Phi) is 7.96. The monoisotopic (exact) mass is 424 g/mol. The smallest absolute Gasteiger partial charge is 0.406 e. The number of urea groups is 1. The number of hydrogen-bond acceptors (Lipinski definition) is 6. The van der Waals surface area contributed by atoms with E-state index in [2.05, 4.69) is 35.6 Å². The molecule has 0 spiro atoms. The van der Waals surface area contributed by atoms with Crippen LogP contribution < -0.4 is 16.0 Å². The van der Waals surface area contributed by atoms with Gasteiger partial charge in [0, 0.05) is 13.1 Å². The largest absolute Gasteiger partial charge is 0.573 e. The van der Waals surface area contributed by atoms with Gasteiger partial charge in [-0.1, -0.05) is 6.92 Å². The van der Waals surface area contributed by atoms with Gasteiger partial charge in [-0.2, -0.15) is 0 Å². The van der Waals surface area contributed by atoms with Crippen LogP contribution in [0.2, 0.25) is 0 Å². The molecule has 0 atom stereocenters. The topological polar surface area (TPSA) is 101 Å². The number of carbonyl (C=O) groups excluding carboxylic acids is 1. The molecule has 0 radical (unpaired) electrons. The third-order valence-electron chi connectivity index (χ3n) is 3.80. The van der Waals surface area contributed by atoms with Crippen LogP contribution in [0.15, 0.2) is 41.8 Å². The summed E-state index contributed by atoms with van der Waals surface area (Å²) in [6.07, 6.45) is -0.171. The number of aromatic nitrogens is 3. The first kappa shape index (κ1) is 22.9. The molecule has 3 N–H and O–H groups in total. The van der Waals surface area contributed by atoms with E-state index in [0.717, 1.165) is 0 Å². The molecule has 11 heteroatoms. The van der Waals surface area contributed by atoms with Gasteiger partial charge in [-0.3, -0.25) is 5.32 Å². The maximum Gasteiger partial charge on any atom is 0.573 e. The highest BCUT2D eigenvalue weighted by Gasteiger charge is 2.31. The third-order valence-corrected chi connectivity index (χ3v) is 3.80. The fourth-order valence-corrected chi connectivity index (χ4v) is 2.36. The van der Waals surface area contributed by atoms with Gasteiger partial charge in [0.25, 0.3) is 0 Å². The van der Waals surface area contributed by atoms with Gasteiger partial charge in [-0.25, -0.2) is 19.7 Å². The summed E-state index contributed by atoms with van der Waals surface area (Å²) in [7, 11) is 0. The fourth-order valence-electron chi connectivity index (χ4n) is 2.36. The highest BCUT2D eigenvalue weighted by atomic mass is 19.4.